The number of rotatable bonds is 5. The summed E-state index contributed by atoms with van der Waals surface area (Å²) in [7, 11) is 1.28. The topological polar surface area (TPSA) is 55.6 Å². The van der Waals surface area contributed by atoms with Gasteiger partial charge in [-0.3, -0.25) is 0 Å². The van der Waals surface area contributed by atoms with E-state index in [4.69, 9.17) is 5.73 Å². The van der Waals surface area contributed by atoms with Crippen LogP contribution in [0, 0.1) is 11.7 Å². The fourth-order valence-corrected chi connectivity index (χ4v) is 2.12. The van der Waals surface area contributed by atoms with E-state index in [1.807, 2.05) is 11.8 Å². The number of carbonyl (C=O) groups excluding carboxylic acids is 1. The van der Waals surface area contributed by atoms with Crippen molar-refractivity contribution in [2.75, 3.05) is 30.8 Å². The third kappa shape index (κ3) is 2.97. The molecule has 1 aliphatic carbocycles. The van der Waals surface area contributed by atoms with Crippen LogP contribution in [0.25, 0.3) is 0 Å². The number of carbonyl (C=O) groups is 1. The van der Waals surface area contributed by atoms with Gasteiger partial charge >= 0.3 is 5.97 Å². The first-order valence-electron chi connectivity index (χ1n) is 6.49. The number of nitrogens with two attached hydrogens (primary N) is 1. The molecule has 0 bridgehead atoms. The molecule has 1 saturated carbocycles. The van der Waals surface area contributed by atoms with E-state index < -0.39 is 11.8 Å². The van der Waals surface area contributed by atoms with Crippen molar-refractivity contribution in [3.8, 4) is 0 Å². The van der Waals surface area contributed by atoms with Crippen molar-refractivity contribution in [1.82, 2.24) is 0 Å². The number of hydrogen-bond acceptors (Lipinski definition) is 4. The molecule has 0 aliphatic heterocycles. The lowest BCUT2D eigenvalue weighted by molar-refractivity contribution is 0.0602. The predicted octanol–water partition coefficient (Wildman–Crippen LogP) is 2.43. The Labute approximate surface area is 112 Å². The van der Waals surface area contributed by atoms with Crippen molar-refractivity contribution in [3.63, 3.8) is 0 Å². The van der Waals surface area contributed by atoms with Crippen molar-refractivity contribution in [2.24, 2.45) is 5.92 Å². The largest absolute Gasteiger partial charge is 0.465 e. The van der Waals surface area contributed by atoms with Crippen LogP contribution in [0.15, 0.2) is 12.1 Å². The van der Waals surface area contributed by atoms with Gasteiger partial charge in [0.1, 0.15) is 5.82 Å². The lowest BCUT2D eigenvalue weighted by Crippen LogP contribution is -2.26. The molecule has 4 nitrogen and oxygen atoms in total. The van der Waals surface area contributed by atoms with Crippen LogP contribution in [0.4, 0.5) is 15.8 Å². The van der Waals surface area contributed by atoms with Gasteiger partial charge in [-0.1, -0.05) is 0 Å². The predicted molar refractivity (Wildman–Crippen MR) is 72.8 cm³/mol. The van der Waals surface area contributed by atoms with Crippen LogP contribution in [0.1, 0.15) is 30.1 Å². The third-order valence-electron chi connectivity index (χ3n) is 3.42. The number of anilines is 2. The number of esters is 1. The van der Waals surface area contributed by atoms with Crippen LogP contribution in [0.5, 0.6) is 0 Å². The summed E-state index contributed by atoms with van der Waals surface area (Å²) in [5.41, 5.74) is 6.41. The second-order valence-corrected chi connectivity index (χ2v) is 4.86. The molecule has 0 heterocycles. The Kier molecular flexibility index (Phi) is 3.93. The Bertz CT molecular complexity index is 487. The Morgan fingerprint density at radius 1 is 1.53 bits per heavy atom. The highest BCUT2D eigenvalue weighted by atomic mass is 19.1. The van der Waals surface area contributed by atoms with Crippen LogP contribution in [-0.2, 0) is 4.74 Å². The summed E-state index contributed by atoms with van der Waals surface area (Å²) in [5.74, 6) is -0.299. The minimum absolute atomic E-state index is 0.107. The Morgan fingerprint density at radius 2 is 2.21 bits per heavy atom. The summed E-state index contributed by atoms with van der Waals surface area (Å²) >= 11 is 0. The Balaban J connectivity index is 2.34. The maximum Gasteiger partial charge on any atom is 0.340 e. The van der Waals surface area contributed by atoms with E-state index in [2.05, 4.69) is 4.74 Å². The molecule has 0 aromatic heterocycles. The van der Waals surface area contributed by atoms with Gasteiger partial charge in [0.2, 0.25) is 0 Å². The average molecular weight is 266 g/mol. The number of halogens is 1. The van der Waals surface area contributed by atoms with Gasteiger partial charge in [0.15, 0.2) is 0 Å². The van der Waals surface area contributed by atoms with Gasteiger partial charge in [0.05, 0.1) is 18.4 Å². The summed E-state index contributed by atoms with van der Waals surface area (Å²) in [6.07, 6.45) is 2.38. The number of nitrogen functional groups attached to an aromatic ring is 1. The average Bonchev–Trinajstić information content (AvgIpc) is 3.20. The molecule has 0 unspecified atom stereocenters. The van der Waals surface area contributed by atoms with E-state index in [1.54, 1.807) is 0 Å². The minimum Gasteiger partial charge on any atom is -0.465 e. The molecule has 0 spiro atoms. The van der Waals surface area contributed by atoms with Crippen molar-refractivity contribution < 1.29 is 13.9 Å². The number of nitrogens with zero attached hydrogens (tertiary/aromatic N) is 1. The zero-order valence-corrected chi connectivity index (χ0v) is 11.3. The molecule has 1 aliphatic rings. The highest BCUT2D eigenvalue weighted by molar-refractivity contribution is 5.96. The smallest absolute Gasteiger partial charge is 0.340 e. The third-order valence-corrected chi connectivity index (χ3v) is 3.42. The SMILES string of the molecule is CCN(CC1CC1)c1cc(C(=O)OC)c(N)cc1F. The minimum atomic E-state index is -0.541. The number of benzene rings is 1. The molecule has 1 aromatic rings. The molecule has 2 N–H and O–H groups in total. The first-order valence-corrected chi connectivity index (χ1v) is 6.49. The molecule has 2 rings (SSSR count). The second kappa shape index (κ2) is 5.47. The molecule has 19 heavy (non-hydrogen) atoms. The number of ether oxygens (including phenoxy) is 1. The van der Waals surface area contributed by atoms with Crippen LogP contribution in [0.3, 0.4) is 0 Å². The van der Waals surface area contributed by atoms with Gasteiger partial charge in [-0.05, 0) is 37.8 Å². The Morgan fingerprint density at radius 3 is 2.74 bits per heavy atom. The van der Waals surface area contributed by atoms with E-state index in [9.17, 15) is 9.18 Å². The van der Waals surface area contributed by atoms with Gasteiger partial charge < -0.3 is 15.4 Å². The second-order valence-electron chi connectivity index (χ2n) is 4.86. The zero-order chi connectivity index (χ0) is 14.0. The highest BCUT2D eigenvalue weighted by Gasteiger charge is 2.26. The molecule has 0 atom stereocenters. The molecular weight excluding hydrogens is 247 g/mol. The zero-order valence-electron chi connectivity index (χ0n) is 11.3. The first-order chi connectivity index (χ1) is 9.06. The summed E-state index contributed by atoms with van der Waals surface area (Å²) in [6, 6.07) is 2.68. The van der Waals surface area contributed by atoms with Crippen molar-refractivity contribution >= 4 is 17.3 Å². The van der Waals surface area contributed by atoms with Crippen LogP contribution < -0.4 is 10.6 Å². The van der Waals surface area contributed by atoms with E-state index in [0.29, 0.717) is 18.2 Å². The monoisotopic (exact) mass is 266 g/mol. The molecule has 0 amide bonds. The maximum atomic E-state index is 14.0. The van der Waals surface area contributed by atoms with Gasteiger partial charge in [0, 0.05) is 18.8 Å². The van der Waals surface area contributed by atoms with Crippen LogP contribution in [0.2, 0.25) is 0 Å². The summed E-state index contributed by atoms with van der Waals surface area (Å²) in [4.78, 5) is 13.5. The number of methoxy groups -OCH3 is 1. The standard InChI is InChI=1S/C14H19FN2O2/c1-3-17(8-9-4-5-9)13-6-10(14(18)19-2)12(16)7-11(13)15/h6-7,9H,3-5,8,16H2,1-2H3. The van der Waals surface area contributed by atoms with Crippen molar-refractivity contribution in [3.05, 3.63) is 23.5 Å². The fourth-order valence-electron chi connectivity index (χ4n) is 2.12. The van der Waals surface area contributed by atoms with Crippen molar-refractivity contribution in [2.45, 2.75) is 19.8 Å². The highest BCUT2D eigenvalue weighted by Crippen LogP contribution is 2.33. The van der Waals surface area contributed by atoms with Crippen LogP contribution in [-0.4, -0.2) is 26.2 Å². The van der Waals surface area contributed by atoms with Gasteiger partial charge in [-0.25, -0.2) is 9.18 Å². The lowest BCUT2D eigenvalue weighted by Gasteiger charge is -2.24. The lowest BCUT2D eigenvalue weighted by atomic mass is 10.1. The molecule has 5 heteroatoms. The van der Waals surface area contributed by atoms with Crippen LogP contribution >= 0.6 is 0 Å². The quantitative estimate of drug-likeness (QED) is 0.657. The van der Waals surface area contributed by atoms with E-state index in [-0.39, 0.29) is 11.3 Å². The molecular formula is C14H19FN2O2. The molecule has 1 fully saturated rings. The fraction of sp³-hybridized carbons (Fsp3) is 0.500. The normalized spacial score (nSPS) is 14.3. The summed E-state index contributed by atoms with van der Waals surface area (Å²) < 4.78 is 18.7. The van der Waals surface area contributed by atoms with E-state index >= 15 is 0 Å². The molecule has 0 radical (unpaired) electrons. The van der Waals surface area contributed by atoms with Gasteiger partial charge in [-0.2, -0.15) is 0 Å². The van der Waals surface area contributed by atoms with E-state index in [0.717, 1.165) is 6.54 Å². The summed E-state index contributed by atoms with van der Waals surface area (Å²) in [6.45, 7) is 3.48. The molecule has 1 aromatic carbocycles. The molecule has 104 valence electrons. The Hall–Kier alpha value is -1.78. The number of hydrogen-bond donors (Lipinski definition) is 1. The summed E-state index contributed by atoms with van der Waals surface area (Å²) in [5, 5.41) is 0. The first kappa shape index (κ1) is 13.6. The van der Waals surface area contributed by atoms with Gasteiger partial charge in [-0.15, -0.1) is 0 Å². The van der Waals surface area contributed by atoms with Gasteiger partial charge in [0.25, 0.3) is 0 Å². The molecule has 0 saturated heterocycles. The maximum absolute atomic E-state index is 14.0. The van der Waals surface area contributed by atoms with E-state index in [1.165, 1.54) is 32.1 Å². The van der Waals surface area contributed by atoms with Crippen molar-refractivity contribution in [1.29, 1.82) is 0 Å².